The lowest BCUT2D eigenvalue weighted by Crippen LogP contribution is -2.17. The molecule has 1 aromatic heterocycles. The molecule has 0 fully saturated rings. The number of amides is 1. The molecule has 1 amide bonds. The summed E-state index contributed by atoms with van der Waals surface area (Å²) in [6.07, 6.45) is 1.23. The topological polar surface area (TPSA) is 91.5 Å². The second-order valence-corrected chi connectivity index (χ2v) is 2.56. The third kappa shape index (κ3) is 4.08. The first-order valence-electron chi connectivity index (χ1n) is 4.18. The molecule has 0 saturated heterocycles. The van der Waals surface area contributed by atoms with Crippen molar-refractivity contribution in [3.63, 3.8) is 0 Å². The molecule has 1 aromatic rings. The van der Waals surface area contributed by atoms with Gasteiger partial charge in [-0.2, -0.15) is 0 Å². The smallest absolute Gasteiger partial charge is 0.404 e. The zero-order chi connectivity index (χ0) is 11.1. The number of aldehydes is 1. The van der Waals surface area contributed by atoms with Crippen molar-refractivity contribution in [1.29, 1.82) is 0 Å². The summed E-state index contributed by atoms with van der Waals surface area (Å²) in [6, 6.07) is 3.12. The third-order valence-electron chi connectivity index (χ3n) is 1.47. The molecule has 0 saturated carbocycles. The summed E-state index contributed by atoms with van der Waals surface area (Å²) in [7, 11) is 0. The molecule has 0 unspecified atom stereocenters. The highest BCUT2D eigenvalue weighted by atomic mass is 16.6. The first-order chi connectivity index (χ1) is 7.22. The highest BCUT2D eigenvalue weighted by Crippen LogP contribution is 2.05. The molecular weight excluding hydrogens is 200 g/mol. The van der Waals surface area contributed by atoms with Gasteiger partial charge in [0.2, 0.25) is 5.88 Å². The van der Waals surface area contributed by atoms with Gasteiger partial charge in [-0.3, -0.25) is 4.79 Å². The van der Waals surface area contributed by atoms with Crippen LogP contribution in [0.1, 0.15) is 10.4 Å². The van der Waals surface area contributed by atoms with Gasteiger partial charge < -0.3 is 15.2 Å². The molecule has 2 N–H and O–H groups in total. The fourth-order valence-electron chi connectivity index (χ4n) is 0.835. The Balaban J connectivity index is 2.31. The number of nitrogens with two attached hydrogens (primary N) is 1. The number of ether oxygens (including phenoxy) is 2. The van der Waals surface area contributed by atoms with Crippen LogP contribution in [0.2, 0.25) is 0 Å². The van der Waals surface area contributed by atoms with E-state index in [9.17, 15) is 9.59 Å². The van der Waals surface area contributed by atoms with Crippen LogP contribution in [0, 0.1) is 0 Å². The molecule has 0 bridgehead atoms. The summed E-state index contributed by atoms with van der Waals surface area (Å²) in [5.41, 5.74) is 5.21. The Morgan fingerprint density at radius 3 is 2.80 bits per heavy atom. The van der Waals surface area contributed by atoms with Crippen molar-refractivity contribution in [3.05, 3.63) is 23.9 Å². The van der Waals surface area contributed by atoms with Gasteiger partial charge in [0.1, 0.15) is 13.2 Å². The number of pyridine rings is 1. The Bertz CT molecular complexity index is 336. The van der Waals surface area contributed by atoms with Crippen LogP contribution in [0.3, 0.4) is 0 Å². The zero-order valence-corrected chi connectivity index (χ0v) is 7.88. The van der Waals surface area contributed by atoms with Gasteiger partial charge in [0, 0.05) is 17.8 Å². The van der Waals surface area contributed by atoms with E-state index < -0.39 is 6.09 Å². The SMILES string of the molecule is NC(=O)OCCOc1ccc(C=O)cn1. The fourth-order valence-corrected chi connectivity index (χ4v) is 0.835. The van der Waals surface area contributed by atoms with Crippen molar-refractivity contribution in [2.24, 2.45) is 5.73 Å². The molecule has 0 aliphatic rings. The lowest BCUT2D eigenvalue weighted by molar-refractivity contribution is 0.112. The largest absolute Gasteiger partial charge is 0.474 e. The van der Waals surface area contributed by atoms with Crippen molar-refractivity contribution in [1.82, 2.24) is 4.98 Å². The summed E-state index contributed by atoms with van der Waals surface area (Å²) in [5.74, 6) is 0.355. The summed E-state index contributed by atoms with van der Waals surface area (Å²) in [4.78, 5) is 24.3. The average Bonchev–Trinajstić information content (AvgIpc) is 2.25. The Kier molecular flexibility index (Phi) is 4.08. The average molecular weight is 210 g/mol. The molecule has 15 heavy (non-hydrogen) atoms. The third-order valence-corrected chi connectivity index (χ3v) is 1.47. The zero-order valence-electron chi connectivity index (χ0n) is 7.88. The molecule has 0 radical (unpaired) electrons. The molecule has 6 nitrogen and oxygen atoms in total. The second-order valence-electron chi connectivity index (χ2n) is 2.56. The Morgan fingerprint density at radius 2 is 2.27 bits per heavy atom. The van der Waals surface area contributed by atoms with Crippen LogP contribution in [-0.4, -0.2) is 30.6 Å². The van der Waals surface area contributed by atoms with E-state index in [4.69, 9.17) is 10.5 Å². The van der Waals surface area contributed by atoms with E-state index in [0.29, 0.717) is 17.7 Å². The minimum Gasteiger partial charge on any atom is -0.474 e. The van der Waals surface area contributed by atoms with E-state index in [0.717, 1.165) is 0 Å². The standard InChI is InChI=1S/C9H10N2O4/c10-9(13)15-4-3-14-8-2-1-7(6-12)5-11-8/h1-2,5-6H,3-4H2,(H2,10,13). The normalized spacial score (nSPS) is 9.33. The number of aromatic nitrogens is 1. The quantitative estimate of drug-likeness (QED) is 0.559. The maximum atomic E-state index is 10.3. The van der Waals surface area contributed by atoms with Gasteiger partial charge in [0.05, 0.1) is 0 Å². The number of carbonyl (C=O) groups is 2. The van der Waals surface area contributed by atoms with Gasteiger partial charge in [0.15, 0.2) is 6.29 Å². The van der Waals surface area contributed by atoms with Gasteiger partial charge in [-0.1, -0.05) is 0 Å². The predicted octanol–water partition coefficient (Wildman–Crippen LogP) is 0.368. The second kappa shape index (κ2) is 5.58. The van der Waals surface area contributed by atoms with Crippen LogP contribution in [0.4, 0.5) is 4.79 Å². The first-order valence-corrected chi connectivity index (χ1v) is 4.18. The number of carbonyl (C=O) groups excluding carboxylic acids is 2. The van der Waals surface area contributed by atoms with Crippen LogP contribution in [0.15, 0.2) is 18.3 Å². The Morgan fingerprint density at radius 1 is 1.47 bits per heavy atom. The number of nitrogens with zero attached hydrogens (tertiary/aromatic N) is 1. The van der Waals surface area contributed by atoms with Gasteiger partial charge in [-0.25, -0.2) is 9.78 Å². The van der Waals surface area contributed by atoms with Crippen LogP contribution in [0.5, 0.6) is 5.88 Å². The van der Waals surface area contributed by atoms with Crippen LogP contribution >= 0.6 is 0 Å². The summed E-state index contributed by atoms with van der Waals surface area (Å²) < 4.78 is 9.53. The molecule has 0 atom stereocenters. The molecule has 0 spiro atoms. The van der Waals surface area contributed by atoms with Crippen molar-refractivity contribution >= 4 is 12.4 Å². The van der Waals surface area contributed by atoms with Crippen molar-refractivity contribution in [2.75, 3.05) is 13.2 Å². The van der Waals surface area contributed by atoms with Crippen molar-refractivity contribution < 1.29 is 19.1 Å². The maximum Gasteiger partial charge on any atom is 0.404 e. The van der Waals surface area contributed by atoms with E-state index in [2.05, 4.69) is 9.72 Å². The summed E-state index contributed by atoms with van der Waals surface area (Å²) in [5, 5.41) is 0. The van der Waals surface area contributed by atoms with E-state index in [1.165, 1.54) is 6.20 Å². The monoisotopic (exact) mass is 210 g/mol. The number of hydrogen-bond donors (Lipinski definition) is 1. The van der Waals surface area contributed by atoms with E-state index >= 15 is 0 Å². The minimum atomic E-state index is -0.845. The molecule has 0 aliphatic heterocycles. The molecule has 0 aromatic carbocycles. The molecule has 0 aliphatic carbocycles. The highest BCUT2D eigenvalue weighted by molar-refractivity contribution is 5.73. The fraction of sp³-hybridized carbons (Fsp3) is 0.222. The van der Waals surface area contributed by atoms with E-state index in [-0.39, 0.29) is 13.2 Å². The van der Waals surface area contributed by atoms with Gasteiger partial charge in [-0.15, -0.1) is 0 Å². The Hall–Kier alpha value is -2.11. The maximum absolute atomic E-state index is 10.3. The van der Waals surface area contributed by atoms with E-state index in [1.807, 2.05) is 0 Å². The van der Waals surface area contributed by atoms with Crippen LogP contribution in [-0.2, 0) is 4.74 Å². The first kappa shape index (κ1) is 11.0. The van der Waals surface area contributed by atoms with Crippen molar-refractivity contribution in [3.8, 4) is 5.88 Å². The molecule has 80 valence electrons. The van der Waals surface area contributed by atoms with Crippen molar-refractivity contribution in [2.45, 2.75) is 0 Å². The lowest BCUT2D eigenvalue weighted by Gasteiger charge is -2.04. The lowest BCUT2D eigenvalue weighted by atomic mass is 10.3. The summed E-state index contributed by atoms with van der Waals surface area (Å²) in [6.45, 7) is 0.225. The molecule has 1 heterocycles. The number of primary amides is 1. The number of rotatable bonds is 5. The van der Waals surface area contributed by atoms with E-state index in [1.54, 1.807) is 12.1 Å². The molecular formula is C9H10N2O4. The van der Waals surface area contributed by atoms with Gasteiger partial charge >= 0.3 is 6.09 Å². The summed E-state index contributed by atoms with van der Waals surface area (Å²) >= 11 is 0. The molecule has 1 rings (SSSR count). The molecule has 6 heteroatoms. The highest BCUT2D eigenvalue weighted by Gasteiger charge is 1.97. The predicted molar refractivity (Wildman–Crippen MR) is 50.7 cm³/mol. The minimum absolute atomic E-state index is 0.0619. The van der Waals surface area contributed by atoms with Crippen LogP contribution < -0.4 is 10.5 Å². The van der Waals surface area contributed by atoms with Gasteiger partial charge in [0.25, 0.3) is 0 Å². The Labute approximate surface area is 86.0 Å². The number of hydrogen-bond acceptors (Lipinski definition) is 5. The van der Waals surface area contributed by atoms with Gasteiger partial charge in [-0.05, 0) is 6.07 Å². The van der Waals surface area contributed by atoms with Crippen LogP contribution in [0.25, 0.3) is 0 Å².